The van der Waals surface area contributed by atoms with Gasteiger partial charge in [-0.2, -0.15) is 0 Å². The highest BCUT2D eigenvalue weighted by molar-refractivity contribution is 5.28. The van der Waals surface area contributed by atoms with E-state index in [-0.39, 0.29) is 0 Å². The molecule has 0 aromatic heterocycles. The predicted molar refractivity (Wildman–Crippen MR) is 60.5 cm³/mol. The minimum Gasteiger partial charge on any atom is -0.388 e. The van der Waals surface area contributed by atoms with Crippen LogP contribution in [0, 0.1) is 17.4 Å². The third-order valence-corrected chi connectivity index (χ3v) is 2.45. The number of hydrogen-bond donors (Lipinski definition) is 0. The van der Waals surface area contributed by atoms with Crippen LogP contribution in [0.4, 0.5) is 0 Å². The lowest BCUT2D eigenvalue weighted by molar-refractivity contribution is 0.504. The van der Waals surface area contributed by atoms with Gasteiger partial charge in [0.2, 0.25) is 0 Å². The van der Waals surface area contributed by atoms with Gasteiger partial charge in [-0.25, -0.2) is 0 Å². The summed E-state index contributed by atoms with van der Waals surface area (Å²) in [7, 11) is 0. The summed E-state index contributed by atoms with van der Waals surface area (Å²) >= 11 is 0. The van der Waals surface area contributed by atoms with E-state index in [4.69, 9.17) is 10.00 Å². The Morgan fingerprint density at radius 3 is 2.53 bits per heavy atom. The first kappa shape index (κ1) is 11.6. The van der Waals surface area contributed by atoms with Crippen LogP contribution in [0.3, 0.4) is 0 Å². The lowest BCUT2D eigenvalue weighted by atomic mass is 9.97. The molecule has 0 heterocycles. The van der Waals surface area contributed by atoms with Crippen LogP contribution in [0.25, 0.3) is 0 Å². The lowest BCUT2D eigenvalue weighted by Crippen LogP contribution is -1.98. The molecule has 0 aliphatic carbocycles. The molecule has 0 fully saturated rings. The minimum atomic E-state index is 0.615. The second kappa shape index (κ2) is 6.08. The van der Waals surface area contributed by atoms with Gasteiger partial charge in [-0.05, 0) is 30.0 Å². The van der Waals surface area contributed by atoms with Crippen LogP contribution in [0.15, 0.2) is 24.3 Å². The van der Waals surface area contributed by atoms with Gasteiger partial charge in [0, 0.05) is 0 Å². The number of nitriles is 1. The molecule has 0 spiro atoms. The summed E-state index contributed by atoms with van der Waals surface area (Å²) in [5.74, 6) is 1.34. The molecular weight excluding hydrogens is 186 g/mol. The van der Waals surface area contributed by atoms with Crippen molar-refractivity contribution in [2.45, 2.75) is 33.1 Å². The molecule has 0 radical (unpaired) electrons. The van der Waals surface area contributed by atoms with Crippen molar-refractivity contribution in [3.05, 3.63) is 29.8 Å². The monoisotopic (exact) mass is 203 g/mol. The standard InChI is InChI=1S/C13H17NO/c1-3-4-11(2)9-12-5-7-13(8-6-12)15-10-14/h5-8,11H,3-4,9H2,1-2H3. The maximum Gasteiger partial charge on any atom is 0.292 e. The summed E-state index contributed by atoms with van der Waals surface area (Å²) < 4.78 is 4.72. The average molecular weight is 203 g/mol. The largest absolute Gasteiger partial charge is 0.388 e. The van der Waals surface area contributed by atoms with Crippen molar-refractivity contribution in [1.29, 1.82) is 5.26 Å². The van der Waals surface area contributed by atoms with E-state index in [0.29, 0.717) is 5.75 Å². The second-order valence-electron chi connectivity index (χ2n) is 3.94. The summed E-state index contributed by atoms with van der Waals surface area (Å²) in [5, 5.41) is 8.33. The molecule has 0 bridgehead atoms. The minimum absolute atomic E-state index is 0.615. The Hall–Kier alpha value is -1.49. The normalized spacial score (nSPS) is 11.8. The summed E-state index contributed by atoms with van der Waals surface area (Å²) in [4.78, 5) is 0. The third kappa shape index (κ3) is 4.03. The Morgan fingerprint density at radius 1 is 1.33 bits per heavy atom. The topological polar surface area (TPSA) is 33.0 Å². The van der Waals surface area contributed by atoms with Crippen LogP contribution < -0.4 is 4.74 Å². The Kier molecular flexibility index (Phi) is 4.70. The highest BCUT2D eigenvalue weighted by atomic mass is 16.5. The molecule has 0 aliphatic heterocycles. The van der Waals surface area contributed by atoms with E-state index < -0.39 is 0 Å². The van der Waals surface area contributed by atoms with Gasteiger partial charge in [-0.1, -0.05) is 38.8 Å². The van der Waals surface area contributed by atoms with Crippen LogP contribution in [0.5, 0.6) is 5.75 Å². The molecule has 1 atom stereocenters. The van der Waals surface area contributed by atoms with Crippen LogP contribution in [0.1, 0.15) is 32.3 Å². The Balaban J connectivity index is 2.53. The molecule has 2 nitrogen and oxygen atoms in total. The highest BCUT2D eigenvalue weighted by Gasteiger charge is 2.02. The maximum atomic E-state index is 8.33. The summed E-state index contributed by atoms with van der Waals surface area (Å²) in [5.41, 5.74) is 1.31. The average Bonchev–Trinajstić information content (AvgIpc) is 2.22. The van der Waals surface area contributed by atoms with Crippen LogP contribution in [0.2, 0.25) is 0 Å². The van der Waals surface area contributed by atoms with Crippen molar-refractivity contribution in [3.8, 4) is 12.0 Å². The fourth-order valence-electron chi connectivity index (χ4n) is 1.74. The number of hydrogen-bond acceptors (Lipinski definition) is 2. The molecule has 0 aliphatic rings. The van der Waals surface area contributed by atoms with Crippen molar-refractivity contribution in [2.75, 3.05) is 0 Å². The zero-order valence-electron chi connectivity index (χ0n) is 9.36. The van der Waals surface area contributed by atoms with E-state index in [0.717, 1.165) is 12.3 Å². The fraction of sp³-hybridized carbons (Fsp3) is 0.462. The summed E-state index contributed by atoms with van der Waals surface area (Å²) in [6, 6.07) is 7.74. The molecule has 1 aromatic carbocycles. The molecule has 1 aromatic rings. The Morgan fingerprint density at radius 2 is 2.00 bits per heavy atom. The van der Waals surface area contributed by atoms with Gasteiger partial charge in [-0.15, -0.1) is 5.26 Å². The van der Waals surface area contributed by atoms with Crippen molar-refractivity contribution in [1.82, 2.24) is 0 Å². The number of ether oxygens (including phenoxy) is 1. The van der Waals surface area contributed by atoms with E-state index in [1.54, 1.807) is 6.26 Å². The molecule has 2 heteroatoms. The number of rotatable bonds is 5. The Labute approximate surface area is 91.5 Å². The van der Waals surface area contributed by atoms with Crippen LogP contribution in [-0.4, -0.2) is 0 Å². The van der Waals surface area contributed by atoms with Gasteiger partial charge >= 0.3 is 0 Å². The Bertz CT molecular complexity index is 323. The number of nitrogens with zero attached hydrogens (tertiary/aromatic N) is 1. The second-order valence-corrected chi connectivity index (χ2v) is 3.94. The quantitative estimate of drug-likeness (QED) is 0.686. The molecule has 0 N–H and O–H groups in total. The van der Waals surface area contributed by atoms with Crippen molar-refractivity contribution >= 4 is 0 Å². The molecule has 15 heavy (non-hydrogen) atoms. The van der Waals surface area contributed by atoms with Crippen LogP contribution in [-0.2, 0) is 6.42 Å². The smallest absolute Gasteiger partial charge is 0.292 e. The summed E-state index contributed by atoms with van der Waals surface area (Å²) in [6.45, 7) is 4.48. The highest BCUT2D eigenvalue weighted by Crippen LogP contribution is 2.17. The molecular formula is C13H17NO. The van der Waals surface area contributed by atoms with Gasteiger partial charge in [0.1, 0.15) is 5.75 Å². The van der Waals surface area contributed by atoms with Gasteiger partial charge in [0.15, 0.2) is 0 Å². The SMILES string of the molecule is CCCC(C)Cc1ccc(OC#N)cc1. The summed E-state index contributed by atoms with van der Waals surface area (Å²) in [6.07, 6.45) is 5.26. The van der Waals surface area contributed by atoms with Crippen molar-refractivity contribution in [3.63, 3.8) is 0 Å². The molecule has 0 amide bonds. The maximum absolute atomic E-state index is 8.33. The third-order valence-electron chi connectivity index (χ3n) is 2.45. The van der Waals surface area contributed by atoms with E-state index in [9.17, 15) is 0 Å². The first-order valence-corrected chi connectivity index (χ1v) is 5.41. The van der Waals surface area contributed by atoms with E-state index in [1.165, 1.54) is 18.4 Å². The molecule has 80 valence electrons. The van der Waals surface area contributed by atoms with E-state index in [1.807, 2.05) is 24.3 Å². The fourth-order valence-corrected chi connectivity index (χ4v) is 1.74. The van der Waals surface area contributed by atoms with Crippen LogP contribution >= 0.6 is 0 Å². The molecule has 0 saturated heterocycles. The molecule has 1 unspecified atom stereocenters. The van der Waals surface area contributed by atoms with E-state index in [2.05, 4.69) is 13.8 Å². The predicted octanol–water partition coefficient (Wildman–Crippen LogP) is 3.53. The van der Waals surface area contributed by atoms with Gasteiger partial charge in [0.05, 0.1) is 0 Å². The van der Waals surface area contributed by atoms with Crippen molar-refractivity contribution in [2.24, 2.45) is 5.92 Å². The van der Waals surface area contributed by atoms with E-state index >= 15 is 0 Å². The first-order chi connectivity index (χ1) is 7.26. The lowest BCUT2D eigenvalue weighted by Gasteiger charge is -2.09. The number of benzene rings is 1. The molecule has 0 saturated carbocycles. The van der Waals surface area contributed by atoms with Crippen molar-refractivity contribution < 1.29 is 4.74 Å². The van der Waals surface area contributed by atoms with Gasteiger partial charge in [0.25, 0.3) is 6.26 Å². The zero-order valence-corrected chi connectivity index (χ0v) is 9.36. The first-order valence-electron chi connectivity index (χ1n) is 5.41. The van der Waals surface area contributed by atoms with Gasteiger partial charge in [-0.3, -0.25) is 0 Å². The van der Waals surface area contributed by atoms with Gasteiger partial charge < -0.3 is 4.74 Å². The molecule has 1 rings (SSSR count). The zero-order chi connectivity index (χ0) is 11.1.